The third-order valence-electron chi connectivity index (χ3n) is 4.51. The number of fused-ring (bicyclic) bond motifs is 1. The van der Waals surface area contributed by atoms with E-state index in [2.05, 4.69) is 21.3 Å². The SMILES string of the molecule is O=C(CC1Nc2cc(C(F)(F)F)cc(C(F)(F)F)c2N1)NC1CCNCC1. The molecule has 0 radical (unpaired) electrons. The Labute approximate surface area is 150 Å². The van der Waals surface area contributed by atoms with Crippen molar-refractivity contribution in [3.05, 3.63) is 23.3 Å². The Kier molecular flexibility index (Phi) is 5.15. The Morgan fingerprint density at radius 3 is 2.30 bits per heavy atom. The predicted molar refractivity (Wildman–Crippen MR) is 86.1 cm³/mol. The maximum absolute atomic E-state index is 13.2. The predicted octanol–water partition coefficient (Wildman–Crippen LogP) is 3.15. The number of anilines is 2. The van der Waals surface area contributed by atoms with Crippen LogP contribution in [0.5, 0.6) is 0 Å². The van der Waals surface area contributed by atoms with Gasteiger partial charge in [-0.1, -0.05) is 0 Å². The van der Waals surface area contributed by atoms with Gasteiger partial charge in [0.1, 0.15) is 6.17 Å². The second kappa shape index (κ2) is 7.10. The van der Waals surface area contributed by atoms with Gasteiger partial charge >= 0.3 is 12.4 Å². The number of nitrogens with one attached hydrogen (secondary N) is 4. The zero-order valence-corrected chi connectivity index (χ0v) is 14.0. The summed E-state index contributed by atoms with van der Waals surface area (Å²) in [6, 6.07) is 0.665. The topological polar surface area (TPSA) is 65.2 Å². The third kappa shape index (κ3) is 4.57. The number of amides is 1. The molecule has 4 N–H and O–H groups in total. The first-order valence-corrected chi connectivity index (χ1v) is 8.39. The average Bonchev–Trinajstić information content (AvgIpc) is 2.94. The van der Waals surface area contributed by atoms with Gasteiger partial charge in [0.25, 0.3) is 0 Å². The van der Waals surface area contributed by atoms with Crippen molar-refractivity contribution < 1.29 is 31.1 Å². The van der Waals surface area contributed by atoms with Gasteiger partial charge in [0, 0.05) is 6.04 Å². The van der Waals surface area contributed by atoms with Crippen LogP contribution in [0.25, 0.3) is 0 Å². The molecule has 0 bridgehead atoms. The molecule has 0 spiro atoms. The zero-order chi connectivity index (χ0) is 19.8. The van der Waals surface area contributed by atoms with Crippen molar-refractivity contribution in [1.82, 2.24) is 10.6 Å². The van der Waals surface area contributed by atoms with E-state index in [1.54, 1.807) is 0 Å². The Hall–Kier alpha value is -2.17. The largest absolute Gasteiger partial charge is 0.418 e. The number of piperidine rings is 1. The summed E-state index contributed by atoms with van der Waals surface area (Å²) in [6.45, 7) is 1.51. The molecule has 0 saturated carbocycles. The number of hydrogen-bond donors (Lipinski definition) is 4. The van der Waals surface area contributed by atoms with Crippen LogP contribution in [-0.4, -0.2) is 31.2 Å². The van der Waals surface area contributed by atoms with E-state index >= 15 is 0 Å². The highest BCUT2D eigenvalue weighted by atomic mass is 19.4. The summed E-state index contributed by atoms with van der Waals surface area (Å²) in [5, 5.41) is 11.0. The Balaban J connectivity index is 1.74. The number of carbonyl (C=O) groups excluding carboxylic acids is 1. The van der Waals surface area contributed by atoms with Gasteiger partial charge < -0.3 is 21.3 Å². The van der Waals surface area contributed by atoms with Gasteiger partial charge in [0.15, 0.2) is 0 Å². The van der Waals surface area contributed by atoms with Gasteiger partial charge in [0.05, 0.1) is 28.9 Å². The summed E-state index contributed by atoms with van der Waals surface area (Å²) >= 11 is 0. The minimum Gasteiger partial charge on any atom is -0.363 e. The van der Waals surface area contributed by atoms with Crippen LogP contribution >= 0.6 is 0 Å². The molecule has 1 amide bonds. The lowest BCUT2D eigenvalue weighted by molar-refractivity contribution is -0.142. The fourth-order valence-electron chi connectivity index (χ4n) is 3.24. The van der Waals surface area contributed by atoms with Crippen LogP contribution in [0.1, 0.15) is 30.4 Å². The highest BCUT2D eigenvalue weighted by Crippen LogP contribution is 2.45. The van der Waals surface area contributed by atoms with E-state index in [9.17, 15) is 31.1 Å². The number of benzene rings is 1. The summed E-state index contributed by atoms with van der Waals surface area (Å²) < 4.78 is 78.3. The third-order valence-corrected chi connectivity index (χ3v) is 4.51. The Morgan fingerprint density at radius 1 is 1.04 bits per heavy atom. The van der Waals surface area contributed by atoms with Crippen LogP contribution in [0.2, 0.25) is 0 Å². The Morgan fingerprint density at radius 2 is 1.70 bits per heavy atom. The van der Waals surface area contributed by atoms with Gasteiger partial charge in [-0.2, -0.15) is 26.3 Å². The van der Waals surface area contributed by atoms with Crippen LogP contribution in [-0.2, 0) is 17.1 Å². The summed E-state index contributed by atoms with van der Waals surface area (Å²) in [6.07, 6.45) is -9.54. The van der Waals surface area contributed by atoms with Crippen molar-refractivity contribution in [2.24, 2.45) is 0 Å². The minimum absolute atomic E-state index is 0.0231. The maximum Gasteiger partial charge on any atom is 0.418 e. The van der Waals surface area contributed by atoms with E-state index in [1.807, 2.05) is 0 Å². The molecule has 1 aromatic rings. The van der Waals surface area contributed by atoms with Gasteiger partial charge in [-0.05, 0) is 38.1 Å². The van der Waals surface area contributed by atoms with Crippen molar-refractivity contribution in [1.29, 1.82) is 0 Å². The fraction of sp³-hybridized carbons (Fsp3) is 0.562. The molecule has 11 heteroatoms. The molecule has 1 aromatic carbocycles. The van der Waals surface area contributed by atoms with E-state index in [-0.39, 0.29) is 30.1 Å². The number of rotatable bonds is 3. The fourth-order valence-corrected chi connectivity index (χ4v) is 3.24. The van der Waals surface area contributed by atoms with Crippen molar-refractivity contribution >= 4 is 17.3 Å². The van der Waals surface area contributed by atoms with Crippen molar-refractivity contribution in [2.75, 3.05) is 23.7 Å². The summed E-state index contributed by atoms with van der Waals surface area (Å²) in [5.74, 6) is -0.385. The van der Waals surface area contributed by atoms with E-state index in [1.165, 1.54) is 0 Å². The van der Waals surface area contributed by atoms with E-state index in [4.69, 9.17) is 0 Å². The van der Waals surface area contributed by atoms with Crippen LogP contribution in [0.4, 0.5) is 37.7 Å². The molecule has 0 aliphatic carbocycles. The quantitative estimate of drug-likeness (QED) is 0.593. The van der Waals surface area contributed by atoms with E-state index in [0.29, 0.717) is 6.07 Å². The second-order valence-electron chi connectivity index (χ2n) is 6.58. The number of alkyl halides is 6. The lowest BCUT2D eigenvalue weighted by Crippen LogP contribution is -2.44. The zero-order valence-electron chi connectivity index (χ0n) is 14.0. The molecule has 2 aliphatic heterocycles. The highest BCUT2D eigenvalue weighted by molar-refractivity contribution is 5.83. The van der Waals surface area contributed by atoms with Crippen LogP contribution in [0.3, 0.4) is 0 Å². The first-order valence-electron chi connectivity index (χ1n) is 8.39. The Bertz CT molecular complexity index is 712. The van der Waals surface area contributed by atoms with Crippen molar-refractivity contribution in [3.63, 3.8) is 0 Å². The van der Waals surface area contributed by atoms with Crippen molar-refractivity contribution in [3.8, 4) is 0 Å². The molecule has 1 unspecified atom stereocenters. The van der Waals surface area contributed by atoms with Gasteiger partial charge in [-0.25, -0.2) is 0 Å². The van der Waals surface area contributed by atoms with E-state index in [0.717, 1.165) is 25.9 Å². The monoisotopic (exact) mass is 396 g/mol. The highest BCUT2D eigenvalue weighted by Gasteiger charge is 2.42. The van der Waals surface area contributed by atoms with E-state index < -0.39 is 35.3 Å². The average molecular weight is 396 g/mol. The maximum atomic E-state index is 13.2. The molecule has 1 saturated heterocycles. The van der Waals surface area contributed by atoms with Gasteiger partial charge in [0.2, 0.25) is 5.91 Å². The summed E-state index contributed by atoms with van der Waals surface area (Å²) in [7, 11) is 0. The molecule has 3 rings (SSSR count). The number of halogens is 6. The van der Waals surface area contributed by atoms with Crippen LogP contribution in [0, 0.1) is 0 Å². The van der Waals surface area contributed by atoms with Crippen LogP contribution in [0.15, 0.2) is 12.1 Å². The normalized spacial score (nSPS) is 20.6. The first kappa shape index (κ1) is 19.6. The molecule has 150 valence electrons. The van der Waals surface area contributed by atoms with Gasteiger partial charge in [-0.3, -0.25) is 4.79 Å². The molecule has 2 aliphatic rings. The number of carbonyl (C=O) groups is 1. The minimum atomic E-state index is -4.97. The smallest absolute Gasteiger partial charge is 0.363 e. The molecule has 27 heavy (non-hydrogen) atoms. The number of hydrogen-bond acceptors (Lipinski definition) is 4. The standard InChI is InChI=1S/C16H18F6N4O/c17-15(18,19)8-5-10(16(20,21)22)14-11(6-8)25-12(26-14)7-13(27)24-9-1-3-23-4-2-9/h5-6,9,12,23,25-26H,1-4,7H2,(H,24,27). The molecule has 1 fully saturated rings. The molecular weight excluding hydrogens is 378 g/mol. The lowest BCUT2D eigenvalue weighted by atomic mass is 10.1. The van der Waals surface area contributed by atoms with Crippen molar-refractivity contribution in [2.45, 2.75) is 43.8 Å². The molecule has 1 atom stereocenters. The molecule has 2 heterocycles. The van der Waals surface area contributed by atoms with Crippen LogP contribution < -0.4 is 21.3 Å². The summed E-state index contributed by atoms with van der Waals surface area (Å²) in [5.41, 5.74) is -3.62. The lowest BCUT2D eigenvalue weighted by Gasteiger charge is -2.24. The second-order valence-corrected chi connectivity index (χ2v) is 6.58. The summed E-state index contributed by atoms with van der Waals surface area (Å²) in [4.78, 5) is 12.1. The molecule has 5 nitrogen and oxygen atoms in total. The molecular formula is C16H18F6N4O. The molecule has 0 aromatic heterocycles. The first-order chi connectivity index (χ1) is 12.5. The van der Waals surface area contributed by atoms with Gasteiger partial charge in [-0.15, -0.1) is 0 Å².